The van der Waals surface area contributed by atoms with E-state index in [2.05, 4.69) is 20.3 Å². The Hall–Kier alpha value is -3.03. The van der Waals surface area contributed by atoms with Crippen molar-refractivity contribution in [2.45, 2.75) is 19.3 Å². The van der Waals surface area contributed by atoms with E-state index < -0.39 is 0 Å². The summed E-state index contributed by atoms with van der Waals surface area (Å²) < 4.78 is 11.0. The molecule has 0 spiro atoms. The van der Waals surface area contributed by atoms with Crippen LogP contribution in [-0.2, 0) is 12.8 Å². The van der Waals surface area contributed by atoms with Crippen molar-refractivity contribution in [3.05, 3.63) is 39.8 Å². The van der Waals surface area contributed by atoms with E-state index in [1.807, 2.05) is 18.2 Å². The summed E-state index contributed by atoms with van der Waals surface area (Å²) in [5, 5.41) is 3.01. The molecule has 2 heterocycles. The van der Waals surface area contributed by atoms with Gasteiger partial charge in [-0.3, -0.25) is 10.1 Å². The summed E-state index contributed by atoms with van der Waals surface area (Å²) in [5.74, 6) is 1.97. The molecular formula is C16H18N5O3+. The Bertz CT molecular complexity index is 875. The lowest BCUT2D eigenvalue weighted by atomic mass is 10.2. The van der Waals surface area contributed by atoms with Crippen molar-refractivity contribution in [1.82, 2.24) is 9.97 Å². The van der Waals surface area contributed by atoms with Crippen molar-refractivity contribution in [3.8, 4) is 11.5 Å². The number of anilines is 1. The molecule has 8 nitrogen and oxygen atoms in total. The largest absolute Gasteiger partial charge is 0.486 e. The van der Waals surface area contributed by atoms with E-state index in [9.17, 15) is 4.79 Å². The monoisotopic (exact) mass is 328 g/mol. The van der Waals surface area contributed by atoms with E-state index >= 15 is 0 Å². The zero-order valence-corrected chi connectivity index (χ0v) is 13.0. The lowest BCUT2D eigenvalue weighted by Gasteiger charge is -2.18. The van der Waals surface area contributed by atoms with E-state index in [1.54, 1.807) is 0 Å². The molecule has 124 valence electrons. The SMILES string of the molecule is NC(Nc1ccc2c(c1)OCCO2)=[NH+]c1nc2c(c(=O)[nH]1)CCC2. The van der Waals surface area contributed by atoms with Crippen LogP contribution in [0.25, 0.3) is 0 Å². The average molecular weight is 328 g/mol. The fourth-order valence-electron chi connectivity index (χ4n) is 2.94. The molecule has 1 aliphatic carbocycles. The Balaban J connectivity index is 1.56. The summed E-state index contributed by atoms with van der Waals surface area (Å²) in [6, 6.07) is 5.46. The van der Waals surface area contributed by atoms with Gasteiger partial charge >= 0.3 is 5.95 Å². The number of hydrogen-bond acceptors (Lipinski definition) is 4. The molecule has 1 aliphatic heterocycles. The Labute approximate surface area is 137 Å². The van der Waals surface area contributed by atoms with Crippen LogP contribution in [0.3, 0.4) is 0 Å². The molecule has 4 rings (SSSR count). The van der Waals surface area contributed by atoms with Crippen LogP contribution in [0.1, 0.15) is 17.7 Å². The minimum atomic E-state index is -0.105. The second-order valence-corrected chi connectivity index (χ2v) is 5.72. The van der Waals surface area contributed by atoms with Gasteiger partial charge in [0.2, 0.25) is 0 Å². The topological polar surface area (TPSA) is 116 Å². The minimum absolute atomic E-state index is 0.105. The van der Waals surface area contributed by atoms with Crippen LogP contribution < -0.4 is 31.1 Å². The number of H-pyrrole nitrogens is 1. The van der Waals surface area contributed by atoms with Crippen LogP contribution in [0.4, 0.5) is 11.6 Å². The lowest BCUT2D eigenvalue weighted by Crippen LogP contribution is -2.73. The number of guanidine groups is 1. The van der Waals surface area contributed by atoms with Crippen LogP contribution in [0.5, 0.6) is 11.5 Å². The van der Waals surface area contributed by atoms with Crippen molar-refractivity contribution >= 4 is 17.6 Å². The molecular weight excluding hydrogens is 310 g/mol. The van der Waals surface area contributed by atoms with Crippen molar-refractivity contribution < 1.29 is 14.5 Å². The molecule has 0 bridgehead atoms. The Kier molecular flexibility index (Phi) is 3.56. The van der Waals surface area contributed by atoms with E-state index in [-0.39, 0.29) is 11.5 Å². The number of ether oxygens (including phenoxy) is 2. The van der Waals surface area contributed by atoms with Gasteiger partial charge in [-0.05, 0) is 25.0 Å². The van der Waals surface area contributed by atoms with Crippen LogP contribution in [0.2, 0.25) is 0 Å². The molecule has 0 fully saturated rings. The Morgan fingerprint density at radius 2 is 2.08 bits per heavy atom. The van der Waals surface area contributed by atoms with Crippen molar-refractivity contribution in [1.29, 1.82) is 0 Å². The number of hydrogen-bond donors (Lipinski definition) is 4. The minimum Gasteiger partial charge on any atom is -0.486 e. The first-order valence-corrected chi connectivity index (χ1v) is 7.87. The average Bonchev–Trinajstić information content (AvgIpc) is 3.03. The van der Waals surface area contributed by atoms with Gasteiger partial charge in [0.1, 0.15) is 13.2 Å². The molecule has 5 N–H and O–H groups in total. The van der Waals surface area contributed by atoms with Crippen LogP contribution in [0.15, 0.2) is 23.0 Å². The van der Waals surface area contributed by atoms with Crippen LogP contribution >= 0.6 is 0 Å². The number of aryl methyl sites for hydroxylation is 1. The fourth-order valence-corrected chi connectivity index (χ4v) is 2.94. The summed E-state index contributed by atoms with van der Waals surface area (Å²) in [6.45, 7) is 1.07. The van der Waals surface area contributed by atoms with Gasteiger partial charge in [-0.2, -0.15) is 0 Å². The third-order valence-corrected chi connectivity index (χ3v) is 4.02. The fraction of sp³-hybridized carbons (Fsp3) is 0.312. The third-order valence-electron chi connectivity index (χ3n) is 4.02. The summed E-state index contributed by atoms with van der Waals surface area (Å²) in [6.07, 6.45) is 2.57. The standard InChI is InChI=1S/C16H17N5O3/c17-15(18-9-4-5-12-13(8-9)24-7-6-23-12)21-16-19-11-3-1-2-10(11)14(22)20-16/h4-5,8H,1-3,6-7H2,(H4,17,18,19,20,21,22)/p+1. The molecule has 0 saturated carbocycles. The van der Waals surface area contributed by atoms with Crippen LogP contribution in [0, 0.1) is 0 Å². The zero-order chi connectivity index (χ0) is 16.5. The summed E-state index contributed by atoms with van der Waals surface area (Å²) in [7, 11) is 0. The first kappa shape index (κ1) is 14.6. The van der Waals surface area contributed by atoms with E-state index in [0.29, 0.717) is 30.7 Å². The van der Waals surface area contributed by atoms with Gasteiger partial charge in [0.15, 0.2) is 11.5 Å². The number of nitrogens with one attached hydrogen (secondary N) is 3. The number of aromatic nitrogens is 2. The van der Waals surface area contributed by atoms with Gasteiger partial charge < -0.3 is 15.2 Å². The molecule has 1 aromatic carbocycles. The molecule has 0 saturated heterocycles. The number of fused-ring (bicyclic) bond motifs is 2. The smallest absolute Gasteiger partial charge is 0.325 e. The van der Waals surface area contributed by atoms with E-state index in [4.69, 9.17) is 15.2 Å². The summed E-state index contributed by atoms with van der Waals surface area (Å²) in [4.78, 5) is 22.0. The number of nitrogens with zero attached hydrogens (tertiary/aromatic N) is 1. The highest BCUT2D eigenvalue weighted by Crippen LogP contribution is 2.32. The molecule has 1 aromatic heterocycles. The predicted molar refractivity (Wildman–Crippen MR) is 87.8 cm³/mol. The van der Waals surface area contributed by atoms with Crippen molar-refractivity contribution in [3.63, 3.8) is 0 Å². The third kappa shape index (κ3) is 2.78. The van der Waals surface area contributed by atoms with Gasteiger partial charge in [-0.15, -0.1) is 4.98 Å². The highest BCUT2D eigenvalue weighted by molar-refractivity contribution is 5.88. The van der Waals surface area contributed by atoms with Crippen LogP contribution in [-0.4, -0.2) is 29.1 Å². The highest BCUT2D eigenvalue weighted by atomic mass is 16.6. The molecule has 0 amide bonds. The first-order chi connectivity index (χ1) is 11.7. The lowest BCUT2D eigenvalue weighted by molar-refractivity contribution is -0.365. The predicted octanol–water partition coefficient (Wildman–Crippen LogP) is -0.831. The number of aromatic amines is 1. The van der Waals surface area contributed by atoms with E-state index in [0.717, 1.165) is 36.2 Å². The maximum atomic E-state index is 12.0. The van der Waals surface area contributed by atoms with Gasteiger partial charge in [-0.1, -0.05) is 0 Å². The number of rotatable bonds is 2. The molecule has 24 heavy (non-hydrogen) atoms. The number of nitrogens with two attached hydrogens (primary N) is 1. The van der Waals surface area contributed by atoms with Gasteiger partial charge in [0, 0.05) is 12.5 Å². The van der Waals surface area contributed by atoms with Crippen molar-refractivity contribution in [2.24, 2.45) is 5.73 Å². The first-order valence-electron chi connectivity index (χ1n) is 7.87. The highest BCUT2D eigenvalue weighted by Gasteiger charge is 2.20. The van der Waals surface area contributed by atoms with Gasteiger partial charge in [-0.25, -0.2) is 9.98 Å². The van der Waals surface area contributed by atoms with Gasteiger partial charge in [0.05, 0.1) is 16.9 Å². The quantitative estimate of drug-likeness (QED) is 0.422. The maximum absolute atomic E-state index is 12.0. The van der Waals surface area contributed by atoms with E-state index in [1.165, 1.54) is 0 Å². The molecule has 2 aliphatic rings. The normalized spacial score (nSPS) is 15.9. The molecule has 2 aromatic rings. The molecule has 0 unspecified atom stereocenters. The van der Waals surface area contributed by atoms with Crippen molar-refractivity contribution in [2.75, 3.05) is 18.5 Å². The Morgan fingerprint density at radius 3 is 2.96 bits per heavy atom. The van der Waals surface area contributed by atoms with Gasteiger partial charge in [0.25, 0.3) is 11.5 Å². The second kappa shape index (κ2) is 5.88. The molecule has 8 heteroatoms. The second-order valence-electron chi connectivity index (χ2n) is 5.72. The Morgan fingerprint density at radius 1 is 1.25 bits per heavy atom. The summed E-state index contributed by atoms with van der Waals surface area (Å²) >= 11 is 0. The molecule has 0 radical (unpaired) electrons. The zero-order valence-electron chi connectivity index (χ0n) is 13.0. The molecule has 0 atom stereocenters. The number of benzene rings is 1. The summed E-state index contributed by atoms with van der Waals surface area (Å²) in [5.41, 5.74) is 8.23. The maximum Gasteiger partial charge on any atom is 0.325 e.